The van der Waals surface area contributed by atoms with Crippen LogP contribution >= 0.6 is 23.4 Å². The molecule has 3 aliphatic heterocycles. The number of nitrogens with one attached hydrogen (secondary N) is 2. The molecule has 4 heterocycles. The number of halogens is 1. The minimum atomic E-state index is -0.836. The zero-order valence-electron chi connectivity index (χ0n) is 22.4. The number of aromatic amines is 1. The Labute approximate surface area is 232 Å². The van der Waals surface area contributed by atoms with Gasteiger partial charge in [-0.1, -0.05) is 11.6 Å². The van der Waals surface area contributed by atoms with Crippen LogP contribution in [-0.2, 0) is 11.3 Å². The van der Waals surface area contributed by atoms with Crippen molar-refractivity contribution >= 4 is 29.3 Å². The first-order chi connectivity index (χ1) is 18.2. The van der Waals surface area contributed by atoms with Gasteiger partial charge in [-0.25, -0.2) is 0 Å². The van der Waals surface area contributed by atoms with Crippen molar-refractivity contribution in [2.24, 2.45) is 11.8 Å². The van der Waals surface area contributed by atoms with E-state index in [1.54, 1.807) is 6.07 Å². The number of rotatable bonds is 7. The topological polar surface area (TPSA) is 92.9 Å². The number of H-pyrrole nitrogens is 1. The standard InChI is InChI=1S/C28H36ClN3O5S/c1-16-11-23(38-4)21(27(34)31-16)13-30-26(33)20-12-22(29)25-24(17(20)2)36-28(3,37-25)19-5-8-32(9-6-19)14-18-7-10-35-15-18/h11-12,18-19H,5-10,13-15H2,1-4H3,(H,30,33)(H,31,34)/t18-,28-/m0/s1. The summed E-state index contributed by atoms with van der Waals surface area (Å²) in [5, 5.41) is 3.23. The third kappa shape index (κ3) is 5.43. The van der Waals surface area contributed by atoms with Crippen LogP contribution in [0, 0.1) is 25.7 Å². The van der Waals surface area contributed by atoms with Gasteiger partial charge in [0.25, 0.3) is 17.3 Å². The average Bonchev–Trinajstić information content (AvgIpc) is 3.54. The van der Waals surface area contributed by atoms with Gasteiger partial charge in [-0.3, -0.25) is 9.59 Å². The van der Waals surface area contributed by atoms with E-state index in [0.29, 0.717) is 39.1 Å². The summed E-state index contributed by atoms with van der Waals surface area (Å²) in [5.74, 6) is 0.698. The molecule has 2 aromatic rings. The Balaban J connectivity index is 1.27. The summed E-state index contributed by atoms with van der Waals surface area (Å²) < 4.78 is 18.4. The summed E-state index contributed by atoms with van der Waals surface area (Å²) in [6.07, 6.45) is 4.98. The van der Waals surface area contributed by atoms with E-state index in [1.807, 2.05) is 33.1 Å². The van der Waals surface area contributed by atoms with Crippen molar-refractivity contribution in [3.8, 4) is 11.5 Å². The number of benzene rings is 1. The molecular weight excluding hydrogens is 526 g/mol. The van der Waals surface area contributed by atoms with E-state index >= 15 is 0 Å². The van der Waals surface area contributed by atoms with Crippen LogP contribution in [-0.4, -0.2) is 60.7 Å². The zero-order chi connectivity index (χ0) is 27.0. The number of carbonyl (C=O) groups is 1. The maximum absolute atomic E-state index is 13.2. The molecule has 1 amide bonds. The highest BCUT2D eigenvalue weighted by Gasteiger charge is 2.47. The second kappa shape index (κ2) is 11.1. The fourth-order valence-electron chi connectivity index (χ4n) is 5.78. The molecule has 2 saturated heterocycles. The Morgan fingerprint density at radius 3 is 2.63 bits per heavy atom. The second-order valence-corrected chi connectivity index (χ2v) is 12.0. The number of hydrogen-bond acceptors (Lipinski definition) is 7. The molecule has 2 N–H and O–H groups in total. The van der Waals surface area contributed by atoms with E-state index in [-0.39, 0.29) is 23.9 Å². The Bertz CT molecular complexity index is 1270. The van der Waals surface area contributed by atoms with Gasteiger partial charge in [0.1, 0.15) is 0 Å². The molecule has 10 heteroatoms. The summed E-state index contributed by atoms with van der Waals surface area (Å²) in [7, 11) is 0. The monoisotopic (exact) mass is 561 g/mol. The van der Waals surface area contributed by atoms with Gasteiger partial charge in [0, 0.05) is 59.8 Å². The third-order valence-electron chi connectivity index (χ3n) is 8.04. The molecule has 1 aromatic carbocycles. The van der Waals surface area contributed by atoms with Crippen molar-refractivity contribution < 1.29 is 19.0 Å². The van der Waals surface area contributed by atoms with Gasteiger partial charge in [0.05, 0.1) is 11.6 Å². The van der Waals surface area contributed by atoms with Gasteiger partial charge in [-0.2, -0.15) is 0 Å². The lowest BCUT2D eigenvalue weighted by atomic mass is 9.88. The summed E-state index contributed by atoms with van der Waals surface area (Å²) in [5.41, 5.74) is 2.19. The van der Waals surface area contributed by atoms with Crippen LogP contribution < -0.4 is 20.3 Å². The van der Waals surface area contributed by atoms with Crippen LogP contribution in [0.5, 0.6) is 11.5 Å². The molecule has 5 rings (SSSR count). The molecule has 8 nitrogen and oxygen atoms in total. The number of hydrogen-bond donors (Lipinski definition) is 2. The van der Waals surface area contributed by atoms with E-state index in [1.165, 1.54) is 11.8 Å². The molecule has 38 heavy (non-hydrogen) atoms. The summed E-state index contributed by atoms with van der Waals surface area (Å²) in [6.45, 7) is 10.6. The summed E-state index contributed by atoms with van der Waals surface area (Å²) in [4.78, 5) is 31.9. The lowest BCUT2D eigenvalue weighted by Crippen LogP contribution is -2.49. The Hall–Kier alpha value is -2.20. The number of fused-ring (bicyclic) bond motifs is 1. The summed E-state index contributed by atoms with van der Waals surface area (Å²) in [6, 6.07) is 3.53. The van der Waals surface area contributed by atoms with Crippen LogP contribution in [0.2, 0.25) is 5.02 Å². The molecule has 0 spiro atoms. The number of amides is 1. The van der Waals surface area contributed by atoms with Crippen LogP contribution in [0.15, 0.2) is 21.8 Å². The average molecular weight is 562 g/mol. The maximum atomic E-state index is 13.2. The number of aromatic nitrogens is 1. The minimum Gasteiger partial charge on any atom is -0.448 e. The molecule has 0 bridgehead atoms. The third-order valence-corrected chi connectivity index (χ3v) is 9.12. The molecule has 0 unspecified atom stereocenters. The first-order valence-electron chi connectivity index (χ1n) is 13.2. The lowest BCUT2D eigenvalue weighted by molar-refractivity contribution is -0.125. The van der Waals surface area contributed by atoms with Gasteiger partial charge in [0.15, 0.2) is 11.5 Å². The molecule has 2 atom stereocenters. The largest absolute Gasteiger partial charge is 0.448 e. The normalized spacial score (nSPS) is 23.7. The SMILES string of the molecule is CSc1cc(C)[nH]c(=O)c1CNC(=O)c1cc(Cl)c2c(c1C)O[C@](C)(C1CCN(C[C@@H]3CCOC3)CC1)O2. The van der Waals surface area contributed by atoms with E-state index in [4.69, 9.17) is 25.8 Å². The van der Waals surface area contributed by atoms with Gasteiger partial charge in [0.2, 0.25) is 0 Å². The van der Waals surface area contributed by atoms with E-state index in [9.17, 15) is 9.59 Å². The smallest absolute Gasteiger partial charge is 0.254 e. The van der Waals surface area contributed by atoms with Gasteiger partial charge < -0.3 is 29.4 Å². The fourth-order valence-corrected chi connectivity index (χ4v) is 6.72. The van der Waals surface area contributed by atoms with E-state index < -0.39 is 5.79 Å². The molecule has 2 fully saturated rings. The van der Waals surface area contributed by atoms with Crippen molar-refractivity contribution in [1.29, 1.82) is 0 Å². The predicted molar refractivity (Wildman–Crippen MR) is 149 cm³/mol. The van der Waals surface area contributed by atoms with Gasteiger partial charge in [-0.05, 0) is 70.5 Å². The molecule has 0 aliphatic carbocycles. The molecule has 1 aromatic heterocycles. The fraction of sp³-hybridized carbons (Fsp3) is 0.571. The van der Waals surface area contributed by atoms with Crippen LogP contribution in [0.3, 0.4) is 0 Å². The van der Waals surface area contributed by atoms with Crippen molar-refractivity contribution in [1.82, 2.24) is 15.2 Å². The number of pyridine rings is 1. The van der Waals surface area contributed by atoms with Crippen molar-refractivity contribution in [3.63, 3.8) is 0 Å². The van der Waals surface area contributed by atoms with Crippen LogP contribution in [0.1, 0.15) is 53.4 Å². The molecule has 0 radical (unpaired) electrons. The zero-order valence-corrected chi connectivity index (χ0v) is 24.0. The minimum absolute atomic E-state index is 0.111. The summed E-state index contributed by atoms with van der Waals surface area (Å²) >= 11 is 8.10. The number of aryl methyl sites for hydroxylation is 1. The second-order valence-electron chi connectivity index (χ2n) is 10.7. The van der Waals surface area contributed by atoms with Crippen LogP contribution in [0.4, 0.5) is 0 Å². The number of nitrogens with zero attached hydrogens (tertiary/aromatic N) is 1. The number of piperidine rings is 1. The van der Waals surface area contributed by atoms with Crippen molar-refractivity contribution in [2.45, 2.75) is 57.3 Å². The molecule has 206 valence electrons. The highest BCUT2D eigenvalue weighted by molar-refractivity contribution is 7.98. The first kappa shape index (κ1) is 27.4. The first-order valence-corrected chi connectivity index (χ1v) is 14.8. The van der Waals surface area contributed by atoms with E-state index in [2.05, 4.69) is 15.2 Å². The number of ether oxygens (including phenoxy) is 3. The van der Waals surface area contributed by atoms with Crippen molar-refractivity contribution in [2.75, 3.05) is 39.1 Å². The molecule has 0 saturated carbocycles. The van der Waals surface area contributed by atoms with Gasteiger partial charge in [-0.15, -0.1) is 11.8 Å². The predicted octanol–water partition coefficient (Wildman–Crippen LogP) is 4.53. The quantitative estimate of drug-likeness (QED) is 0.480. The number of thioether (sulfide) groups is 1. The highest BCUT2D eigenvalue weighted by atomic mass is 35.5. The number of carbonyl (C=O) groups excluding carboxylic acids is 1. The number of likely N-dealkylation sites (tertiary alicyclic amines) is 1. The van der Waals surface area contributed by atoms with Crippen molar-refractivity contribution in [3.05, 3.63) is 49.9 Å². The van der Waals surface area contributed by atoms with Crippen LogP contribution in [0.25, 0.3) is 0 Å². The molecular formula is C28H36ClN3O5S. The maximum Gasteiger partial charge on any atom is 0.254 e. The van der Waals surface area contributed by atoms with E-state index in [0.717, 1.165) is 62.7 Å². The Morgan fingerprint density at radius 1 is 1.21 bits per heavy atom. The Morgan fingerprint density at radius 2 is 1.95 bits per heavy atom. The highest BCUT2D eigenvalue weighted by Crippen LogP contribution is 2.51. The Kier molecular flexibility index (Phi) is 8.01. The lowest BCUT2D eigenvalue weighted by Gasteiger charge is -2.39. The molecule has 3 aliphatic rings. The van der Waals surface area contributed by atoms with Gasteiger partial charge >= 0.3 is 0 Å².